The Morgan fingerprint density at radius 1 is 1.41 bits per heavy atom. The molecule has 0 aliphatic heterocycles. The molecule has 0 aromatic carbocycles. The number of hydrogen-bond donors (Lipinski definition) is 2. The van der Waals surface area contributed by atoms with Gasteiger partial charge in [-0.05, 0) is 37.7 Å². The lowest BCUT2D eigenvalue weighted by Crippen LogP contribution is -2.35. The van der Waals surface area contributed by atoms with Crippen LogP contribution in [0.25, 0.3) is 10.2 Å². The van der Waals surface area contributed by atoms with E-state index in [0.717, 1.165) is 34.6 Å². The van der Waals surface area contributed by atoms with Crippen LogP contribution in [0, 0.1) is 6.92 Å². The van der Waals surface area contributed by atoms with Gasteiger partial charge < -0.3 is 11.1 Å². The second-order valence-corrected chi connectivity index (χ2v) is 5.27. The van der Waals surface area contributed by atoms with Crippen LogP contribution in [0.3, 0.4) is 0 Å². The minimum absolute atomic E-state index is 0.229. The van der Waals surface area contributed by atoms with Crippen molar-refractivity contribution in [2.24, 2.45) is 5.73 Å². The number of aryl methyl sites for hydroxylation is 1. The molecule has 6 heteroatoms. The number of nitrogens with zero attached hydrogens (tertiary/aromatic N) is 3. The molecule has 2 aromatic heterocycles. The van der Waals surface area contributed by atoms with Crippen LogP contribution >= 0.6 is 11.5 Å². The molecule has 0 bridgehead atoms. The van der Waals surface area contributed by atoms with Gasteiger partial charge in [0, 0.05) is 12.1 Å². The lowest BCUT2D eigenvalue weighted by Gasteiger charge is -2.18. The largest absolute Gasteiger partial charge is 0.365 e. The van der Waals surface area contributed by atoms with Crippen LogP contribution in [0.15, 0.2) is 6.33 Å². The molecule has 0 saturated heterocycles. The molecule has 1 aliphatic rings. The fraction of sp³-hybridized carbons (Fsp3) is 0.545. The van der Waals surface area contributed by atoms with Crippen molar-refractivity contribution in [3.63, 3.8) is 0 Å². The molecule has 0 radical (unpaired) electrons. The van der Waals surface area contributed by atoms with Crippen molar-refractivity contribution in [1.29, 1.82) is 0 Å². The van der Waals surface area contributed by atoms with Gasteiger partial charge >= 0.3 is 0 Å². The summed E-state index contributed by atoms with van der Waals surface area (Å²) in [4.78, 5) is 9.49. The number of hydrogen-bond acceptors (Lipinski definition) is 6. The van der Waals surface area contributed by atoms with Crippen molar-refractivity contribution in [2.45, 2.75) is 38.3 Å². The van der Waals surface area contributed by atoms with E-state index in [1.807, 2.05) is 6.92 Å². The van der Waals surface area contributed by atoms with Crippen LogP contribution in [0.1, 0.15) is 25.0 Å². The second kappa shape index (κ2) is 4.19. The predicted molar refractivity (Wildman–Crippen MR) is 69.2 cm³/mol. The average molecular weight is 249 g/mol. The lowest BCUT2D eigenvalue weighted by molar-refractivity contribution is 0.636. The molecule has 2 heterocycles. The Morgan fingerprint density at radius 3 is 3.06 bits per heavy atom. The van der Waals surface area contributed by atoms with Crippen molar-refractivity contribution < 1.29 is 0 Å². The Labute approximate surface area is 104 Å². The highest BCUT2D eigenvalue weighted by molar-refractivity contribution is 7.13. The number of rotatable bonds is 2. The molecule has 0 amide bonds. The predicted octanol–water partition coefficient (Wildman–Crippen LogP) is 1.69. The van der Waals surface area contributed by atoms with Crippen LogP contribution < -0.4 is 11.1 Å². The SMILES string of the molecule is Cc1nsc2ncnc(NC3CCCC3N)c12. The minimum atomic E-state index is 0.229. The van der Waals surface area contributed by atoms with E-state index in [9.17, 15) is 0 Å². The summed E-state index contributed by atoms with van der Waals surface area (Å²) in [7, 11) is 0. The van der Waals surface area contributed by atoms with E-state index in [0.29, 0.717) is 6.04 Å². The highest BCUT2D eigenvalue weighted by atomic mass is 32.1. The van der Waals surface area contributed by atoms with Crippen LogP contribution in [0.4, 0.5) is 5.82 Å². The summed E-state index contributed by atoms with van der Waals surface area (Å²) in [6, 6.07) is 0.555. The van der Waals surface area contributed by atoms with Crippen molar-refractivity contribution in [3.05, 3.63) is 12.0 Å². The van der Waals surface area contributed by atoms with Gasteiger partial charge in [0.05, 0.1) is 11.1 Å². The highest BCUT2D eigenvalue weighted by Gasteiger charge is 2.25. The summed E-state index contributed by atoms with van der Waals surface area (Å²) in [6.07, 6.45) is 4.98. The normalized spacial score (nSPS) is 24.4. The van der Waals surface area contributed by atoms with Gasteiger partial charge in [-0.2, -0.15) is 4.37 Å². The first-order valence-corrected chi connectivity index (χ1v) is 6.62. The Hall–Kier alpha value is -1.27. The summed E-state index contributed by atoms with van der Waals surface area (Å²) in [5.41, 5.74) is 7.05. The molecule has 3 N–H and O–H groups in total. The van der Waals surface area contributed by atoms with Gasteiger partial charge in [-0.1, -0.05) is 0 Å². The Balaban J connectivity index is 1.97. The van der Waals surface area contributed by atoms with Gasteiger partial charge in [-0.25, -0.2) is 9.97 Å². The van der Waals surface area contributed by atoms with E-state index in [-0.39, 0.29) is 6.04 Å². The van der Waals surface area contributed by atoms with Crippen molar-refractivity contribution in [1.82, 2.24) is 14.3 Å². The zero-order chi connectivity index (χ0) is 11.8. The maximum atomic E-state index is 6.07. The second-order valence-electron chi connectivity index (χ2n) is 4.52. The molecule has 0 spiro atoms. The van der Waals surface area contributed by atoms with Gasteiger partial charge in [0.25, 0.3) is 0 Å². The maximum Gasteiger partial charge on any atom is 0.149 e. The van der Waals surface area contributed by atoms with E-state index in [4.69, 9.17) is 5.73 Å². The summed E-state index contributed by atoms with van der Waals surface area (Å²) in [5, 5.41) is 4.49. The van der Waals surface area contributed by atoms with E-state index < -0.39 is 0 Å². The molecule has 1 saturated carbocycles. The summed E-state index contributed by atoms with van der Waals surface area (Å²) in [5.74, 6) is 0.878. The first-order chi connectivity index (χ1) is 8.25. The molecule has 17 heavy (non-hydrogen) atoms. The molecule has 5 nitrogen and oxygen atoms in total. The van der Waals surface area contributed by atoms with E-state index in [2.05, 4.69) is 19.7 Å². The average Bonchev–Trinajstić information content (AvgIpc) is 2.88. The Kier molecular flexibility index (Phi) is 2.68. The molecule has 2 atom stereocenters. The third-order valence-corrected chi connectivity index (χ3v) is 4.18. The molecule has 1 fully saturated rings. The number of nitrogens with one attached hydrogen (secondary N) is 1. The maximum absolute atomic E-state index is 6.07. The third-order valence-electron chi connectivity index (χ3n) is 3.33. The monoisotopic (exact) mass is 249 g/mol. The number of anilines is 1. The van der Waals surface area contributed by atoms with Gasteiger partial charge in [0.2, 0.25) is 0 Å². The molecule has 90 valence electrons. The van der Waals surface area contributed by atoms with E-state index in [1.165, 1.54) is 18.0 Å². The smallest absolute Gasteiger partial charge is 0.149 e. The van der Waals surface area contributed by atoms with Crippen LogP contribution in [-0.2, 0) is 0 Å². The summed E-state index contributed by atoms with van der Waals surface area (Å²) in [6.45, 7) is 1.99. The van der Waals surface area contributed by atoms with Gasteiger partial charge in [-0.15, -0.1) is 0 Å². The molecular formula is C11H15N5S. The summed E-state index contributed by atoms with van der Waals surface area (Å²) >= 11 is 1.41. The Bertz CT molecular complexity index is 538. The highest BCUT2D eigenvalue weighted by Crippen LogP contribution is 2.28. The van der Waals surface area contributed by atoms with Gasteiger partial charge in [0.1, 0.15) is 17.0 Å². The first-order valence-electron chi connectivity index (χ1n) is 5.85. The number of aromatic nitrogens is 3. The third kappa shape index (κ3) is 1.87. The molecule has 1 aliphatic carbocycles. The van der Waals surface area contributed by atoms with E-state index >= 15 is 0 Å². The van der Waals surface area contributed by atoms with Crippen molar-refractivity contribution in [2.75, 3.05) is 5.32 Å². The molecule has 2 unspecified atom stereocenters. The van der Waals surface area contributed by atoms with Crippen LogP contribution in [0.5, 0.6) is 0 Å². The van der Waals surface area contributed by atoms with Gasteiger partial charge in [0.15, 0.2) is 0 Å². The zero-order valence-corrected chi connectivity index (χ0v) is 10.5. The Morgan fingerprint density at radius 2 is 2.29 bits per heavy atom. The van der Waals surface area contributed by atoms with Gasteiger partial charge in [-0.3, -0.25) is 0 Å². The van der Waals surface area contributed by atoms with Crippen LogP contribution in [-0.4, -0.2) is 26.4 Å². The quantitative estimate of drug-likeness (QED) is 0.847. The van der Waals surface area contributed by atoms with Crippen molar-refractivity contribution in [3.8, 4) is 0 Å². The van der Waals surface area contributed by atoms with E-state index in [1.54, 1.807) is 6.33 Å². The standard InChI is InChI=1S/C11H15N5S/c1-6-9-10(13-5-14-11(9)17-16-6)15-8-4-2-3-7(8)12/h5,7-8H,2-4,12H2,1H3,(H,13,14,15). The minimum Gasteiger partial charge on any atom is -0.365 e. The lowest BCUT2D eigenvalue weighted by atomic mass is 10.2. The fourth-order valence-electron chi connectivity index (χ4n) is 2.38. The van der Waals surface area contributed by atoms with Crippen LogP contribution in [0.2, 0.25) is 0 Å². The number of fused-ring (bicyclic) bond motifs is 1. The zero-order valence-electron chi connectivity index (χ0n) is 9.68. The number of nitrogens with two attached hydrogens (primary N) is 1. The molecule has 3 rings (SSSR count). The fourth-order valence-corrected chi connectivity index (χ4v) is 3.12. The molecule has 2 aromatic rings. The summed E-state index contributed by atoms with van der Waals surface area (Å²) < 4.78 is 4.32. The molecular weight excluding hydrogens is 234 g/mol. The van der Waals surface area contributed by atoms with Crippen molar-refractivity contribution >= 4 is 27.6 Å². The first kappa shape index (κ1) is 10.9. The topological polar surface area (TPSA) is 76.7 Å².